The van der Waals surface area contributed by atoms with Gasteiger partial charge in [0.2, 0.25) is 0 Å². The normalized spacial score (nSPS) is 14.3. The number of rotatable bonds is 17. The number of nitrogens with zero attached hydrogens (tertiary/aromatic N) is 1. The first-order chi connectivity index (χ1) is 11.1. The zero-order valence-electron chi connectivity index (χ0n) is 15.6. The van der Waals surface area contributed by atoms with Crippen LogP contribution >= 0.6 is 0 Å². The Hall–Kier alpha value is -0.160. The van der Waals surface area contributed by atoms with Gasteiger partial charge in [0.25, 0.3) is 0 Å². The monoisotopic (exact) mass is 331 g/mol. The number of aliphatic hydroxyl groups excluding tert-OH is 3. The van der Waals surface area contributed by atoms with Gasteiger partial charge < -0.3 is 15.3 Å². The van der Waals surface area contributed by atoms with Gasteiger partial charge in [0.15, 0.2) is 0 Å². The highest BCUT2D eigenvalue weighted by molar-refractivity contribution is 4.69. The Morgan fingerprint density at radius 2 is 1.17 bits per heavy atom. The van der Waals surface area contributed by atoms with Gasteiger partial charge in [-0.15, -0.1) is 0 Å². The third-order valence-electron chi connectivity index (χ3n) is 4.35. The second kappa shape index (κ2) is 16.7. The van der Waals surface area contributed by atoms with E-state index in [9.17, 15) is 10.2 Å². The van der Waals surface area contributed by atoms with Gasteiger partial charge in [0.05, 0.1) is 12.2 Å². The second-order valence-corrected chi connectivity index (χ2v) is 6.84. The van der Waals surface area contributed by atoms with Crippen molar-refractivity contribution in [3.05, 3.63) is 0 Å². The van der Waals surface area contributed by atoms with Crippen LogP contribution in [0.25, 0.3) is 0 Å². The maximum absolute atomic E-state index is 10.2. The molecule has 0 amide bonds. The fourth-order valence-corrected chi connectivity index (χ4v) is 2.94. The summed E-state index contributed by atoms with van der Waals surface area (Å²) in [6.07, 6.45) is 11.1. The maximum atomic E-state index is 10.2. The molecule has 0 aliphatic rings. The van der Waals surface area contributed by atoms with E-state index in [-0.39, 0.29) is 18.8 Å². The summed E-state index contributed by atoms with van der Waals surface area (Å²) in [4.78, 5) is 2.12. The molecule has 2 unspecified atom stereocenters. The molecular weight excluding hydrogens is 290 g/mol. The van der Waals surface area contributed by atoms with Gasteiger partial charge in [-0.2, -0.15) is 0 Å². The lowest BCUT2D eigenvalue weighted by molar-refractivity contribution is 0.0573. The Balaban J connectivity index is 4.02. The topological polar surface area (TPSA) is 63.9 Å². The zero-order valence-corrected chi connectivity index (χ0v) is 15.6. The van der Waals surface area contributed by atoms with Crippen molar-refractivity contribution in [2.75, 3.05) is 26.2 Å². The molecule has 0 aromatic carbocycles. The predicted octanol–water partition coefficient (Wildman–Crippen LogP) is 3.33. The van der Waals surface area contributed by atoms with E-state index in [0.717, 1.165) is 32.2 Å². The summed E-state index contributed by atoms with van der Waals surface area (Å²) in [5.74, 6) is 0. The molecule has 3 N–H and O–H groups in total. The number of hydrogen-bond donors (Lipinski definition) is 3. The van der Waals surface area contributed by atoms with Gasteiger partial charge in [-0.05, 0) is 19.3 Å². The van der Waals surface area contributed by atoms with Gasteiger partial charge in [0.1, 0.15) is 0 Å². The van der Waals surface area contributed by atoms with Crippen LogP contribution in [0.15, 0.2) is 0 Å². The predicted molar refractivity (Wildman–Crippen MR) is 97.7 cm³/mol. The summed E-state index contributed by atoms with van der Waals surface area (Å²) < 4.78 is 0. The van der Waals surface area contributed by atoms with E-state index in [1.165, 1.54) is 38.5 Å². The van der Waals surface area contributed by atoms with Crippen LogP contribution in [0.1, 0.15) is 84.5 Å². The molecule has 0 aliphatic carbocycles. The molecule has 0 aliphatic heterocycles. The average Bonchev–Trinajstić information content (AvgIpc) is 2.53. The van der Waals surface area contributed by atoms with Crippen LogP contribution in [-0.4, -0.2) is 58.7 Å². The number of unbranched alkanes of at least 4 members (excludes halogenated alkanes) is 6. The molecule has 0 saturated heterocycles. The number of aliphatic hydroxyl groups is 3. The summed E-state index contributed by atoms with van der Waals surface area (Å²) in [6.45, 7) is 6.50. The van der Waals surface area contributed by atoms with Crippen molar-refractivity contribution in [2.45, 2.75) is 96.7 Å². The fraction of sp³-hybridized carbons (Fsp3) is 1.00. The third kappa shape index (κ3) is 15.1. The van der Waals surface area contributed by atoms with Crippen molar-refractivity contribution < 1.29 is 15.3 Å². The van der Waals surface area contributed by atoms with Crippen LogP contribution in [-0.2, 0) is 0 Å². The minimum Gasteiger partial charge on any atom is -0.396 e. The van der Waals surface area contributed by atoms with Crippen molar-refractivity contribution in [1.29, 1.82) is 0 Å². The first-order valence-electron chi connectivity index (χ1n) is 9.83. The Labute approximate surface area is 143 Å². The Morgan fingerprint density at radius 1 is 0.696 bits per heavy atom. The van der Waals surface area contributed by atoms with Crippen LogP contribution in [0, 0.1) is 0 Å². The summed E-state index contributed by atoms with van der Waals surface area (Å²) in [7, 11) is 0. The third-order valence-corrected chi connectivity index (χ3v) is 4.35. The van der Waals surface area contributed by atoms with E-state index in [4.69, 9.17) is 5.11 Å². The number of hydrogen-bond acceptors (Lipinski definition) is 4. The molecule has 0 heterocycles. The van der Waals surface area contributed by atoms with Crippen molar-refractivity contribution in [1.82, 2.24) is 4.90 Å². The molecule has 0 spiro atoms. The van der Waals surface area contributed by atoms with Crippen molar-refractivity contribution in [2.24, 2.45) is 0 Å². The SMILES string of the molecule is CCCCCCC(O)CN(CCCO)CC(O)CCCCCC. The quantitative estimate of drug-likeness (QED) is 0.358. The van der Waals surface area contributed by atoms with Crippen LogP contribution < -0.4 is 0 Å². The minimum absolute atomic E-state index is 0.162. The van der Waals surface area contributed by atoms with E-state index >= 15 is 0 Å². The summed E-state index contributed by atoms with van der Waals surface area (Å²) in [6, 6.07) is 0. The average molecular weight is 332 g/mol. The highest BCUT2D eigenvalue weighted by Gasteiger charge is 2.15. The van der Waals surface area contributed by atoms with E-state index in [1.54, 1.807) is 0 Å². The Bertz CT molecular complexity index is 219. The molecule has 0 saturated carbocycles. The largest absolute Gasteiger partial charge is 0.396 e. The zero-order chi connectivity index (χ0) is 17.3. The molecule has 4 heteroatoms. The molecule has 140 valence electrons. The molecule has 2 atom stereocenters. The van der Waals surface area contributed by atoms with Crippen molar-refractivity contribution >= 4 is 0 Å². The van der Waals surface area contributed by atoms with Gasteiger partial charge in [-0.25, -0.2) is 0 Å². The molecule has 0 bridgehead atoms. The summed E-state index contributed by atoms with van der Waals surface area (Å²) in [5.41, 5.74) is 0. The first-order valence-corrected chi connectivity index (χ1v) is 9.83. The van der Waals surface area contributed by atoms with Crippen LogP contribution in [0.5, 0.6) is 0 Å². The molecule has 0 fully saturated rings. The van der Waals surface area contributed by atoms with Gasteiger partial charge in [0, 0.05) is 26.2 Å². The van der Waals surface area contributed by atoms with Crippen LogP contribution in [0.2, 0.25) is 0 Å². The van der Waals surface area contributed by atoms with Gasteiger partial charge in [-0.3, -0.25) is 4.90 Å². The molecule has 23 heavy (non-hydrogen) atoms. The molecule has 0 aromatic heterocycles. The second-order valence-electron chi connectivity index (χ2n) is 6.84. The van der Waals surface area contributed by atoms with E-state index in [0.29, 0.717) is 19.5 Å². The molecule has 0 radical (unpaired) electrons. The van der Waals surface area contributed by atoms with Crippen LogP contribution in [0.3, 0.4) is 0 Å². The molecule has 4 nitrogen and oxygen atoms in total. The minimum atomic E-state index is -0.321. The molecule has 0 rings (SSSR count). The van der Waals surface area contributed by atoms with Crippen molar-refractivity contribution in [3.8, 4) is 0 Å². The van der Waals surface area contributed by atoms with Gasteiger partial charge in [-0.1, -0.05) is 65.2 Å². The van der Waals surface area contributed by atoms with Gasteiger partial charge >= 0.3 is 0 Å². The van der Waals surface area contributed by atoms with Crippen LogP contribution in [0.4, 0.5) is 0 Å². The van der Waals surface area contributed by atoms with E-state index in [2.05, 4.69) is 18.7 Å². The molecular formula is C19H41NO3. The lowest BCUT2D eigenvalue weighted by atomic mass is 10.1. The summed E-state index contributed by atoms with van der Waals surface area (Å²) in [5, 5.41) is 29.4. The smallest absolute Gasteiger partial charge is 0.0667 e. The molecule has 0 aromatic rings. The van der Waals surface area contributed by atoms with E-state index in [1.807, 2.05) is 0 Å². The first kappa shape index (κ1) is 22.8. The Morgan fingerprint density at radius 3 is 1.57 bits per heavy atom. The fourth-order valence-electron chi connectivity index (χ4n) is 2.94. The highest BCUT2D eigenvalue weighted by Crippen LogP contribution is 2.10. The lowest BCUT2D eigenvalue weighted by Gasteiger charge is -2.27. The summed E-state index contributed by atoms with van der Waals surface area (Å²) >= 11 is 0. The Kier molecular flexibility index (Phi) is 16.6. The van der Waals surface area contributed by atoms with Crippen molar-refractivity contribution in [3.63, 3.8) is 0 Å². The lowest BCUT2D eigenvalue weighted by Crippen LogP contribution is -2.39. The maximum Gasteiger partial charge on any atom is 0.0667 e. The standard InChI is InChI=1S/C19H41NO3/c1-3-5-7-9-12-18(22)16-20(14-11-15-21)17-19(23)13-10-8-6-4-2/h18-19,21-23H,3-17H2,1-2H3. The highest BCUT2D eigenvalue weighted by atomic mass is 16.3. The van der Waals surface area contributed by atoms with E-state index < -0.39 is 0 Å².